The Morgan fingerprint density at radius 1 is 1.00 bits per heavy atom. The van der Waals surface area contributed by atoms with Gasteiger partial charge in [-0.1, -0.05) is 0 Å². The monoisotopic (exact) mass is 291 g/mol. The first-order valence-electron chi connectivity index (χ1n) is 4.95. The van der Waals surface area contributed by atoms with Crippen LogP contribution in [0, 0.1) is 23.3 Å². The molecule has 0 bridgehead atoms. The number of rotatable bonds is 5. The highest BCUT2D eigenvalue weighted by molar-refractivity contribution is 5.28. The fourth-order valence-corrected chi connectivity index (χ4v) is 1.13. The molecule has 0 spiro atoms. The van der Waals surface area contributed by atoms with Crippen molar-refractivity contribution in [2.75, 3.05) is 19.7 Å². The van der Waals surface area contributed by atoms with Gasteiger partial charge in [-0.25, -0.2) is 8.78 Å². The summed E-state index contributed by atoms with van der Waals surface area (Å²) < 4.78 is 91.1. The summed E-state index contributed by atoms with van der Waals surface area (Å²) in [4.78, 5) is 0. The van der Waals surface area contributed by atoms with Crippen LogP contribution in [0.25, 0.3) is 0 Å². The molecule has 0 radical (unpaired) electrons. The van der Waals surface area contributed by atoms with Crippen molar-refractivity contribution in [3.63, 3.8) is 0 Å². The molecule has 0 aliphatic heterocycles. The smallest absolute Gasteiger partial charge is 0.401 e. The van der Waals surface area contributed by atoms with E-state index in [4.69, 9.17) is 0 Å². The number of halogens is 7. The third kappa shape index (κ3) is 4.58. The van der Waals surface area contributed by atoms with E-state index in [2.05, 4.69) is 4.74 Å². The van der Waals surface area contributed by atoms with E-state index in [1.807, 2.05) is 5.32 Å². The average Bonchev–Trinajstić information content (AvgIpc) is 2.29. The number of alkyl halides is 3. The van der Waals surface area contributed by atoms with Gasteiger partial charge in [-0.3, -0.25) is 0 Å². The summed E-state index contributed by atoms with van der Waals surface area (Å²) in [5.74, 6) is -8.09. The number of benzene rings is 1. The van der Waals surface area contributed by atoms with E-state index in [0.29, 0.717) is 0 Å². The van der Waals surface area contributed by atoms with Crippen LogP contribution in [0.3, 0.4) is 0 Å². The Hall–Kier alpha value is -1.51. The number of ether oxygens (including phenoxy) is 1. The van der Waals surface area contributed by atoms with Gasteiger partial charge in [0, 0.05) is 12.6 Å². The van der Waals surface area contributed by atoms with E-state index in [0.717, 1.165) is 0 Å². The van der Waals surface area contributed by atoms with Crippen LogP contribution in [0.4, 0.5) is 30.7 Å². The zero-order valence-corrected chi connectivity index (χ0v) is 9.25. The molecular weight excluding hydrogens is 283 g/mol. The predicted molar refractivity (Wildman–Crippen MR) is 50.7 cm³/mol. The highest BCUT2D eigenvalue weighted by atomic mass is 19.4. The Morgan fingerprint density at radius 2 is 1.53 bits per heavy atom. The van der Waals surface area contributed by atoms with Gasteiger partial charge in [0.1, 0.15) is 6.61 Å². The van der Waals surface area contributed by atoms with E-state index in [1.165, 1.54) is 0 Å². The maximum atomic E-state index is 13.0. The first-order chi connectivity index (χ1) is 8.72. The quantitative estimate of drug-likeness (QED) is 0.512. The van der Waals surface area contributed by atoms with Gasteiger partial charge in [0.15, 0.2) is 17.4 Å². The number of nitrogens with one attached hydrogen (secondary N) is 1. The molecular formula is C10H8F7NO. The van der Waals surface area contributed by atoms with Crippen LogP contribution < -0.4 is 10.1 Å². The summed E-state index contributed by atoms with van der Waals surface area (Å²) in [5.41, 5.74) is 0. The maximum absolute atomic E-state index is 13.0. The van der Waals surface area contributed by atoms with Gasteiger partial charge in [-0.15, -0.1) is 0 Å². The average molecular weight is 291 g/mol. The van der Waals surface area contributed by atoms with E-state index in [1.54, 1.807) is 0 Å². The van der Waals surface area contributed by atoms with Gasteiger partial charge >= 0.3 is 6.18 Å². The standard InChI is InChI=1S/C10H8F7NO/c11-5-3-6(12)8(14)9(7(5)13)19-2-1-18-4-10(15,16)17/h3,18H,1-2,4H2. The second kappa shape index (κ2) is 6.09. The van der Waals surface area contributed by atoms with Crippen molar-refractivity contribution in [2.24, 2.45) is 0 Å². The largest absolute Gasteiger partial charge is 0.486 e. The lowest BCUT2D eigenvalue weighted by atomic mass is 10.3. The lowest BCUT2D eigenvalue weighted by Crippen LogP contribution is -2.31. The molecule has 1 aromatic carbocycles. The molecule has 0 aliphatic rings. The van der Waals surface area contributed by atoms with Gasteiger partial charge < -0.3 is 10.1 Å². The fourth-order valence-electron chi connectivity index (χ4n) is 1.13. The van der Waals surface area contributed by atoms with Crippen molar-refractivity contribution in [2.45, 2.75) is 6.18 Å². The van der Waals surface area contributed by atoms with Gasteiger partial charge in [-0.2, -0.15) is 22.0 Å². The molecule has 1 aromatic rings. The van der Waals surface area contributed by atoms with Gasteiger partial charge in [0.2, 0.25) is 11.6 Å². The number of hydrogen-bond donors (Lipinski definition) is 1. The van der Waals surface area contributed by atoms with Crippen molar-refractivity contribution < 1.29 is 35.5 Å². The van der Waals surface area contributed by atoms with Crippen molar-refractivity contribution >= 4 is 0 Å². The van der Waals surface area contributed by atoms with Crippen LogP contribution in [0.1, 0.15) is 0 Å². The molecule has 108 valence electrons. The molecule has 0 atom stereocenters. The molecule has 0 unspecified atom stereocenters. The molecule has 2 nitrogen and oxygen atoms in total. The Morgan fingerprint density at radius 3 is 2.00 bits per heavy atom. The first-order valence-corrected chi connectivity index (χ1v) is 4.95. The molecule has 9 heteroatoms. The molecule has 19 heavy (non-hydrogen) atoms. The van der Waals surface area contributed by atoms with Gasteiger partial charge in [0.05, 0.1) is 6.54 Å². The second-order valence-electron chi connectivity index (χ2n) is 3.44. The molecule has 0 aromatic heterocycles. The van der Waals surface area contributed by atoms with Crippen LogP contribution in [-0.4, -0.2) is 25.9 Å². The first kappa shape index (κ1) is 15.5. The van der Waals surface area contributed by atoms with E-state index < -0.39 is 54.9 Å². The highest BCUT2D eigenvalue weighted by Gasteiger charge is 2.26. The van der Waals surface area contributed by atoms with Crippen LogP contribution in [0.15, 0.2) is 6.07 Å². The third-order valence-electron chi connectivity index (χ3n) is 1.92. The summed E-state index contributed by atoms with van der Waals surface area (Å²) in [6, 6.07) is -0.000566. The van der Waals surface area contributed by atoms with Crippen molar-refractivity contribution in [1.29, 1.82) is 0 Å². The Kier molecular flexibility index (Phi) is 4.98. The Balaban J connectivity index is 2.54. The normalized spacial score (nSPS) is 11.7. The molecule has 0 heterocycles. The van der Waals surface area contributed by atoms with Crippen LogP contribution >= 0.6 is 0 Å². The molecule has 0 aliphatic carbocycles. The molecule has 0 saturated heterocycles. The van der Waals surface area contributed by atoms with Crippen molar-refractivity contribution in [3.8, 4) is 5.75 Å². The van der Waals surface area contributed by atoms with Crippen LogP contribution in [-0.2, 0) is 0 Å². The summed E-state index contributed by atoms with van der Waals surface area (Å²) in [5, 5.41) is 1.88. The summed E-state index contributed by atoms with van der Waals surface area (Å²) in [6.45, 7) is -2.32. The Bertz CT molecular complexity index is 420. The van der Waals surface area contributed by atoms with Crippen molar-refractivity contribution in [1.82, 2.24) is 5.32 Å². The molecule has 0 saturated carbocycles. The molecule has 0 amide bonds. The Labute approximate surface area is 103 Å². The minimum absolute atomic E-state index is 0.000566. The topological polar surface area (TPSA) is 21.3 Å². The van der Waals surface area contributed by atoms with Gasteiger partial charge in [-0.05, 0) is 0 Å². The zero-order chi connectivity index (χ0) is 14.6. The molecule has 1 rings (SSSR count). The highest BCUT2D eigenvalue weighted by Crippen LogP contribution is 2.26. The summed E-state index contributed by atoms with van der Waals surface area (Å²) in [7, 11) is 0. The SMILES string of the molecule is Fc1cc(F)c(F)c(OCCNCC(F)(F)F)c1F. The van der Waals surface area contributed by atoms with Gasteiger partial charge in [0.25, 0.3) is 0 Å². The predicted octanol–water partition coefficient (Wildman–Crippen LogP) is 2.77. The maximum Gasteiger partial charge on any atom is 0.401 e. The van der Waals surface area contributed by atoms with E-state index in [9.17, 15) is 30.7 Å². The van der Waals surface area contributed by atoms with Crippen LogP contribution in [0.2, 0.25) is 0 Å². The molecule has 1 N–H and O–H groups in total. The summed E-state index contributed by atoms with van der Waals surface area (Å²) >= 11 is 0. The lowest BCUT2D eigenvalue weighted by molar-refractivity contribution is -0.124. The molecule has 0 fully saturated rings. The number of hydrogen-bond acceptors (Lipinski definition) is 2. The zero-order valence-electron chi connectivity index (χ0n) is 9.25. The van der Waals surface area contributed by atoms with E-state index >= 15 is 0 Å². The second-order valence-corrected chi connectivity index (χ2v) is 3.44. The summed E-state index contributed by atoms with van der Waals surface area (Å²) in [6.07, 6.45) is -4.44. The van der Waals surface area contributed by atoms with Crippen molar-refractivity contribution in [3.05, 3.63) is 29.3 Å². The third-order valence-corrected chi connectivity index (χ3v) is 1.92. The van der Waals surface area contributed by atoms with Crippen LogP contribution in [0.5, 0.6) is 5.75 Å². The fraction of sp³-hybridized carbons (Fsp3) is 0.400. The lowest BCUT2D eigenvalue weighted by Gasteiger charge is -2.11. The minimum Gasteiger partial charge on any atom is -0.486 e. The minimum atomic E-state index is -4.44. The van der Waals surface area contributed by atoms with E-state index in [-0.39, 0.29) is 6.07 Å².